The van der Waals surface area contributed by atoms with E-state index in [2.05, 4.69) is 11.2 Å². The molecular formula is C13H13NO3. The second-order valence-corrected chi connectivity index (χ2v) is 3.52. The van der Waals surface area contributed by atoms with Gasteiger partial charge in [-0.15, -0.1) is 12.3 Å². The zero-order valence-corrected chi connectivity index (χ0v) is 9.27. The molecule has 0 aliphatic heterocycles. The van der Waals surface area contributed by atoms with E-state index >= 15 is 0 Å². The number of hydrogen-bond acceptors (Lipinski definition) is 2. The standard InChI is InChI=1S/C13H13NO3/c1-2-3-4-12(15)14-11-7-5-10(6-8-11)9-13(16)17/h1,5-8H,3-4,9H2,(H,14,15)(H,16,17). The summed E-state index contributed by atoms with van der Waals surface area (Å²) in [5.74, 6) is 1.37. The molecule has 0 fully saturated rings. The summed E-state index contributed by atoms with van der Waals surface area (Å²) in [4.78, 5) is 21.8. The molecule has 17 heavy (non-hydrogen) atoms. The Morgan fingerprint density at radius 3 is 2.47 bits per heavy atom. The van der Waals surface area contributed by atoms with Crippen LogP contribution in [0, 0.1) is 12.3 Å². The average Bonchev–Trinajstić information content (AvgIpc) is 2.28. The van der Waals surface area contributed by atoms with Crippen molar-refractivity contribution in [3.8, 4) is 12.3 Å². The van der Waals surface area contributed by atoms with Gasteiger partial charge in [0.1, 0.15) is 0 Å². The Kier molecular flexibility index (Phi) is 4.77. The predicted octanol–water partition coefficient (Wildman–Crippen LogP) is 1.67. The van der Waals surface area contributed by atoms with Crippen LogP contribution in [0.1, 0.15) is 18.4 Å². The fourth-order valence-corrected chi connectivity index (χ4v) is 1.29. The zero-order chi connectivity index (χ0) is 12.7. The first kappa shape index (κ1) is 12.8. The van der Waals surface area contributed by atoms with E-state index in [1.54, 1.807) is 24.3 Å². The fraction of sp³-hybridized carbons (Fsp3) is 0.231. The first-order valence-electron chi connectivity index (χ1n) is 5.16. The summed E-state index contributed by atoms with van der Waals surface area (Å²) < 4.78 is 0. The minimum Gasteiger partial charge on any atom is -0.481 e. The number of aliphatic carboxylic acids is 1. The second-order valence-electron chi connectivity index (χ2n) is 3.52. The van der Waals surface area contributed by atoms with Crippen LogP contribution in [0.5, 0.6) is 0 Å². The van der Waals surface area contributed by atoms with Crippen LogP contribution < -0.4 is 5.32 Å². The Morgan fingerprint density at radius 1 is 1.29 bits per heavy atom. The highest BCUT2D eigenvalue weighted by molar-refractivity contribution is 5.90. The molecule has 4 heteroatoms. The van der Waals surface area contributed by atoms with Crippen molar-refractivity contribution in [2.45, 2.75) is 19.3 Å². The maximum absolute atomic E-state index is 11.3. The number of anilines is 1. The molecule has 1 rings (SSSR count). The molecular weight excluding hydrogens is 218 g/mol. The molecule has 0 saturated heterocycles. The molecule has 0 bridgehead atoms. The van der Waals surface area contributed by atoms with Gasteiger partial charge in [-0.25, -0.2) is 0 Å². The van der Waals surface area contributed by atoms with Gasteiger partial charge in [0.2, 0.25) is 5.91 Å². The van der Waals surface area contributed by atoms with Crippen LogP contribution in [-0.2, 0) is 16.0 Å². The van der Waals surface area contributed by atoms with Gasteiger partial charge < -0.3 is 10.4 Å². The molecule has 1 amide bonds. The van der Waals surface area contributed by atoms with Crippen molar-refractivity contribution in [2.75, 3.05) is 5.32 Å². The van der Waals surface area contributed by atoms with Crippen LogP contribution in [0.4, 0.5) is 5.69 Å². The minimum atomic E-state index is -0.879. The molecule has 0 heterocycles. The molecule has 0 radical (unpaired) electrons. The number of amides is 1. The van der Waals surface area contributed by atoms with Gasteiger partial charge in [-0.3, -0.25) is 9.59 Å². The molecule has 1 aromatic rings. The van der Waals surface area contributed by atoms with Gasteiger partial charge in [0.25, 0.3) is 0 Å². The number of carbonyl (C=O) groups is 2. The lowest BCUT2D eigenvalue weighted by atomic mass is 10.1. The van der Waals surface area contributed by atoms with Crippen molar-refractivity contribution in [1.29, 1.82) is 0 Å². The highest BCUT2D eigenvalue weighted by Gasteiger charge is 2.03. The Balaban J connectivity index is 2.53. The van der Waals surface area contributed by atoms with Crippen molar-refractivity contribution in [3.63, 3.8) is 0 Å². The normalized spacial score (nSPS) is 9.35. The van der Waals surface area contributed by atoms with Gasteiger partial charge in [0.05, 0.1) is 6.42 Å². The topological polar surface area (TPSA) is 66.4 Å². The molecule has 0 saturated carbocycles. The summed E-state index contributed by atoms with van der Waals surface area (Å²) in [6, 6.07) is 6.69. The van der Waals surface area contributed by atoms with E-state index in [1.807, 2.05) is 0 Å². The van der Waals surface area contributed by atoms with E-state index in [4.69, 9.17) is 11.5 Å². The van der Waals surface area contributed by atoms with Crippen molar-refractivity contribution < 1.29 is 14.7 Å². The van der Waals surface area contributed by atoms with E-state index in [9.17, 15) is 9.59 Å². The van der Waals surface area contributed by atoms with Crippen molar-refractivity contribution >= 4 is 17.6 Å². The number of hydrogen-bond donors (Lipinski definition) is 2. The monoisotopic (exact) mass is 231 g/mol. The smallest absolute Gasteiger partial charge is 0.307 e. The largest absolute Gasteiger partial charge is 0.481 e. The molecule has 0 aliphatic rings. The average molecular weight is 231 g/mol. The van der Waals surface area contributed by atoms with E-state index < -0.39 is 5.97 Å². The first-order valence-corrected chi connectivity index (χ1v) is 5.16. The van der Waals surface area contributed by atoms with Crippen LogP contribution in [-0.4, -0.2) is 17.0 Å². The van der Waals surface area contributed by atoms with Gasteiger partial charge in [0, 0.05) is 18.5 Å². The molecule has 0 aliphatic carbocycles. The van der Waals surface area contributed by atoms with Crippen molar-refractivity contribution in [1.82, 2.24) is 0 Å². The summed E-state index contributed by atoms with van der Waals surface area (Å²) in [6.07, 6.45) is 5.72. The van der Waals surface area contributed by atoms with Crippen molar-refractivity contribution in [2.24, 2.45) is 0 Å². The third-order valence-corrected chi connectivity index (χ3v) is 2.09. The van der Waals surface area contributed by atoms with Crippen LogP contribution in [0.15, 0.2) is 24.3 Å². The van der Waals surface area contributed by atoms with Gasteiger partial charge in [-0.05, 0) is 17.7 Å². The lowest BCUT2D eigenvalue weighted by Crippen LogP contribution is -2.10. The Hall–Kier alpha value is -2.28. The lowest BCUT2D eigenvalue weighted by molar-refractivity contribution is -0.136. The number of rotatable bonds is 5. The maximum atomic E-state index is 11.3. The Labute approximate surface area is 99.7 Å². The predicted molar refractivity (Wildman–Crippen MR) is 64.5 cm³/mol. The Morgan fingerprint density at radius 2 is 1.94 bits per heavy atom. The molecule has 1 aromatic carbocycles. The van der Waals surface area contributed by atoms with E-state index in [0.29, 0.717) is 17.7 Å². The number of terminal acetylenes is 1. The van der Waals surface area contributed by atoms with Crippen LogP contribution in [0.25, 0.3) is 0 Å². The minimum absolute atomic E-state index is 0.0225. The summed E-state index contributed by atoms with van der Waals surface area (Å²) in [7, 11) is 0. The van der Waals surface area contributed by atoms with E-state index in [0.717, 1.165) is 0 Å². The lowest BCUT2D eigenvalue weighted by Gasteiger charge is -2.04. The molecule has 0 spiro atoms. The molecule has 0 aromatic heterocycles. The number of carbonyl (C=O) groups excluding carboxylic acids is 1. The molecule has 2 N–H and O–H groups in total. The molecule has 88 valence electrons. The Bertz CT molecular complexity index is 443. The number of benzene rings is 1. The van der Waals surface area contributed by atoms with Crippen LogP contribution >= 0.6 is 0 Å². The number of carboxylic acid groups (broad SMARTS) is 1. The van der Waals surface area contributed by atoms with Gasteiger partial charge in [0.15, 0.2) is 0 Å². The first-order chi connectivity index (χ1) is 8.11. The number of nitrogens with one attached hydrogen (secondary N) is 1. The maximum Gasteiger partial charge on any atom is 0.307 e. The van der Waals surface area contributed by atoms with Gasteiger partial charge in [-0.2, -0.15) is 0 Å². The SMILES string of the molecule is C#CCCC(=O)Nc1ccc(CC(=O)O)cc1. The third-order valence-electron chi connectivity index (χ3n) is 2.09. The number of carboxylic acids is 1. The quantitative estimate of drug-likeness (QED) is 0.757. The summed E-state index contributed by atoms with van der Waals surface area (Å²) in [5, 5.41) is 11.3. The van der Waals surface area contributed by atoms with Crippen molar-refractivity contribution in [3.05, 3.63) is 29.8 Å². The molecule has 4 nitrogen and oxygen atoms in total. The fourth-order valence-electron chi connectivity index (χ4n) is 1.29. The van der Waals surface area contributed by atoms with E-state index in [-0.39, 0.29) is 18.7 Å². The van der Waals surface area contributed by atoms with Crippen LogP contribution in [0.2, 0.25) is 0 Å². The molecule has 0 unspecified atom stereocenters. The molecule has 0 atom stereocenters. The third kappa shape index (κ3) is 4.85. The summed E-state index contributed by atoms with van der Waals surface area (Å²) in [6.45, 7) is 0. The van der Waals surface area contributed by atoms with E-state index in [1.165, 1.54) is 0 Å². The second kappa shape index (κ2) is 6.33. The van der Waals surface area contributed by atoms with Crippen LogP contribution in [0.3, 0.4) is 0 Å². The van der Waals surface area contributed by atoms with Gasteiger partial charge in [-0.1, -0.05) is 12.1 Å². The summed E-state index contributed by atoms with van der Waals surface area (Å²) >= 11 is 0. The highest BCUT2D eigenvalue weighted by atomic mass is 16.4. The zero-order valence-electron chi connectivity index (χ0n) is 9.27. The summed E-state index contributed by atoms with van der Waals surface area (Å²) in [5.41, 5.74) is 1.33. The highest BCUT2D eigenvalue weighted by Crippen LogP contribution is 2.10. The van der Waals surface area contributed by atoms with Gasteiger partial charge >= 0.3 is 5.97 Å².